The molecule has 2 aromatic carbocycles. The van der Waals surface area contributed by atoms with Gasteiger partial charge in [0.15, 0.2) is 0 Å². The molecule has 0 unspecified atom stereocenters. The molecule has 2 N–H and O–H groups in total. The summed E-state index contributed by atoms with van der Waals surface area (Å²) < 4.78 is 32.8. The van der Waals surface area contributed by atoms with E-state index in [9.17, 15) is 8.42 Å². The molecule has 2 heterocycles. The largest absolute Gasteiger partial charge is 0.497 e. The molecular weight excluding hydrogens is 464 g/mol. The Morgan fingerprint density at radius 3 is 2.14 bits per heavy atom. The van der Waals surface area contributed by atoms with Gasteiger partial charge in [-0.3, -0.25) is 0 Å². The Bertz CT molecular complexity index is 1240. The maximum absolute atomic E-state index is 13.1. The molecule has 0 radical (unpaired) electrons. The molecule has 9 nitrogen and oxygen atoms in total. The number of piperazine rings is 1. The van der Waals surface area contributed by atoms with E-state index < -0.39 is 10.0 Å². The van der Waals surface area contributed by atoms with Crippen LogP contribution in [0.2, 0.25) is 0 Å². The van der Waals surface area contributed by atoms with E-state index in [1.807, 2.05) is 42.2 Å². The van der Waals surface area contributed by atoms with Crippen molar-refractivity contribution in [2.45, 2.75) is 31.7 Å². The van der Waals surface area contributed by atoms with Crippen LogP contribution in [0.4, 0.5) is 23.3 Å². The van der Waals surface area contributed by atoms with Gasteiger partial charge in [0.25, 0.3) is 0 Å². The van der Waals surface area contributed by atoms with Crippen molar-refractivity contribution in [1.82, 2.24) is 14.3 Å². The van der Waals surface area contributed by atoms with Gasteiger partial charge < -0.3 is 20.3 Å². The first-order valence-electron chi connectivity index (χ1n) is 11.6. The second-order valence-electron chi connectivity index (χ2n) is 8.80. The zero-order chi connectivity index (χ0) is 25.0. The lowest BCUT2D eigenvalue weighted by molar-refractivity contribution is 0.382. The Hall–Kier alpha value is -3.37. The minimum absolute atomic E-state index is 0.205. The lowest BCUT2D eigenvalue weighted by Gasteiger charge is -2.34. The molecule has 35 heavy (non-hydrogen) atoms. The van der Waals surface area contributed by atoms with Gasteiger partial charge in [0.05, 0.1) is 12.0 Å². The molecule has 0 spiro atoms. The SMILES string of the molecule is COc1ccc(S(=O)(=O)N2CCN(c3nc(Nc4ccc(C)cc4)cc(NC(C)C)n3)CC2)cc1. The first kappa shape index (κ1) is 24.7. The van der Waals surface area contributed by atoms with E-state index in [-0.39, 0.29) is 10.9 Å². The number of sulfonamides is 1. The van der Waals surface area contributed by atoms with Crippen molar-refractivity contribution in [3.05, 3.63) is 60.2 Å². The number of anilines is 4. The molecule has 3 aromatic rings. The highest BCUT2D eigenvalue weighted by molar-refractivity contribution is 7.89. The van der Waals surface area contributed by atoms with Crippen LogP contribution in [0.3, 0.4) is 0 Å². The van der Waals surface area contributed by atoms with Crippen LogP contribution in [0.5, 0.6) is 5.75 Å². The third-order valence-electron chi connectivity index (χ3n) is 5.69. The van der Waals surface area contributed by atoms with E-state index in [0.717, 1.165) is 5.69 Å². The molecule has 186 valence electrons. The number of ether oxygens (including phenoxy) is 1. The maximum Gasteiger partial charge on any atom is 0.243 e. The number of hydrogen-bond acceptors (Lipinski definition) is 8. The lowest BCUT2D eigenvalue weighted by Crippen LogP contribution is -2.49. The number of nitrogens with zero attached hydrogens (tertiary/aromatic N) is 4. The van der Waals surface area contributed by atoms with Gasteiger partial charge in [0, 0.05) is 44.0 Å². The molecular formula is C25H32N6O3S. The topological polar surface area (TPSA) is 99.7 Å². The van der Waals surface area contributed by atoms with Gasteiger partial charge in [0.1, 0.15) is 17.4 Å². The van der Waals surface area contributed by atoms with E-state index >= 15 is 0 Å². The number of hydrogen-bond donors (Lipinski definition) is 2. The van der Waals surface area contributed by atoms with Gasteiger partial charge in [-0.1, -0.05) is 17.7 Å². The summed E-state index contributed by atoms with van der Waals surface area (Å²) in [5.41, 5.74) is 2.12. The van der Waals surface area contributed by atoms with Gasteiger partial charge in [-0.15, -0.1) is 0 Å². The van der Waals surface area contributed by atoms with Crippen molar-refractivity contribution in [2.75, 3.05) is 48.8 Å². The molecule has 0 amide bonds. The number of benzene rings is 2. The molecule has 4 rings (SSSR count). The Balaban J connectivity index is 1.51. The summed E-state index contributed by atoms with van der Waals surface area (Å²) in [4.78, 5) is 11.7. The van der Waals surface area contributed by atoms with Crippen LogP contribution in [0.15, 0.2) is 59.5 Å². The van der Waals surface area contributed by atoms with Crippen molar-refractivity contribution in [3.8, 4) is 5.75 Å². The van der Waals surface area contributed by atoms with Crippen LogP contribution in [-0.2, 0) is 10.0 Å². The summed E-state index contributed by atoms with van der Waals surface area (Å²) in [6.45, 7) is 7.83. The van der Waals surface area contributed by atoms with E-state index in [0.29, 0.717) is 49.5 Å². The molecule has 0 atom stereocenters. The summed E-state index contributed by atoms with van der Waals surface area (Å²) in [7, 11) is -2.03. The summed E-state index contributed by atoms with van der Waals surface area (Å²) >= 11 is 0. The van der Waals surface area contributed by atoms with Gasteiger partial charge in [-0.05, 0) is 57.2 Å². The average molecular weight is 497 g/mol. The number of nitrogens with one attached hydrogen (secondary N) is 2. The first-order chi connectivity index (χ1) is 16.7. The smallest absolute Gasteiger partial charge is 0.243 e. The summed E-state index contributed by atoms with van der Waals surface area (Å²) in [5.74, 6) is 2.57. The van der Waals surface area contributed by atoms with Crippen molar-refractivity contribution >= 4 is 33.3 Å². The van der Waals surface area contributed by atoms with Crippen molar-refractivity contribution in [1.29, 1.82) is 0 Å². The molecule has 0 saturated carbocycles. The third-order valence-corrected chi connectivity index (χ3v) is 7.61. The second kappa shape index (κ2) is 10.5. The Morgan fingerprint density at radius 2 is 1.54 bits per heavy atom. The molecule has 1 saturated heterocycles. The number of aromatic nitrogens is 2. The zero-order valence-corrected chi connectivity index (χ0v) is 21.3. The standard InChI is InChI=1S/C25H32N6O3S/c1-18(2)26-23-17-24(27-20-7-5-19(3)6-8-20)29-25(28-23)30-13-15-31(16-14-30)35(32,33)22-11-9-21(34-4)10-12-22/h5-12,17-18H,13-16H2,1-4H3,(H2,26,27,28,29). The highest BCUT2D eigenvalue weighted by atomic mass is 32.2. The summed E-state index contributed by atoms with van der Waals surface area (Å²) in [6.07, 6.45) is 0. The summed E-state index contributed by atoms with van der Waals surface area (Å²) in [6, 6.07) is 16.7. The fraction of sp³-hybridized carbons (Fsp3) is 0.360. The predicted octanol–water partition coefficient (Wildman–Crippen LogP) is 3.87. The fourth-order valence-corrected chi connectivity index (χ4v) is 5.24. The molecule has 1 fully saturated rings. The quantitative estimate of drug-likeness (QED) is 0.485. The van der Waals surface area contributed by atoms with E-state index in [1.165, 1.54) is 9.87 Å². The van der Waals surface area contributed by atoms with Crippen LogP contribution in [0, 0.1) is 6.92 Å². The van der Waals surface area contributed by atoms with Crippen molar-refractivity contribution in [2.24, 2.45) is 0 Å². The molecule has 10 heteroatoms. The third kappa shape index (κ3) is 6.01. The molecule has 0 aliphatic carbocycles. The predicted molar refractivity (Wildman–Crippen MR) is 139 cm³/mol. The Morgan fingerprint density at radius 1 is 0.914 bits per heavy atom. The Kier molecular flexibility index (Phi) is 7.42. The molecule has 0 bridgehead atoms. The second-order valence-corrected chi connectivity index (χ2v) is 10.7. The highest BCUT2D eigenvalue weighted by Gasteiger charge is 2.29. The lowest BCUT2D eigenvalue weighted by atomic mass is 10.2. The van der Waals surface area contributed by atoms with Crippen molar-refractivity contribution < 1.29 is 13.2 Å². The minimum atomic E-state index is -3.58. The van der Waals surface area contributed by atoms with Crippen LogP contribution in [0.1, 0.15) is 19.4 Å². The number of rotatable bonds is 8. The average Bonchev–Trinajstić information content (AvgIpc) is 2.85. The highest BCUT2D eigenvalue weighted by Crippen LogP contribution is 2.25. The molecule has 1 aliphatic heterocycles. The van der Waals surface area contributed by atoms with Gasteiger partial charge in [0.2, 0.25) is 16.0 Å². The fourth-order valence-electron chi connectivity index (χ4n) is 3.82. The normalized spacial score (nSPS) is 14.7. The monoisotopic (exact) mass is 496 g/mol. The van der Waals surface area contributed by atoms with Gasteiger partial charge >= 0.3 is 0 Å². The van der Waals surface area contributed by atoms with Crippen LogP contribution in [0.25, 0.3) is 0 Å². The van der Waals surface area contributed by atoms with Gasteiger partial charge in [-0.25, -0.2) is 8.42 Å². The number of aryl methyl sites for hydroxylation is 1. The minimum Gasteiger partial charge on any atom is -0.497 e. The molecule has 1 aliphatic rings. The molecule has 1 aromatic heterocycles. The van der Waals surface area contributed by atoms with E-state index in [4.69, 9.17) is 14.7 Å². The van der Waals surface area contributed by atoms with Crippen LogP contribution < -0.4 is 20.3 Å². The van der Waals surface area contributed by atoms with E-state index in [1.54, 1.807) is 31.4 Å². The first-order valence-corrected chi connectivity index (χ1v) is 13.1. The number of methoxy groups -OCH3 is 1. The van der Waals surface area contributed by atoms with Crippen LogP contribution >= 0.6 is 0 Å². The Labute approximate surface area is 207 Å². The van der Waals surface area contributed by atoms with Crippen molar-refractivity contribution in [3.63, 3.8) is 0 Å². The van der Waals surface area contributed by atoms with Crippen LogP contribution in [-0.4, -0.2) is 62.0 Å². The van der Waals surface area contributed by atoms with Gasteiger partial charge in [-0.2, -0.15) is 14.3 Å². The summed E-state index contributed by atoms with van der Waals surface area (Å²) in [5, 5.41) is 6.70. The maximum atomic E-state index is 13.1. The van der Waals surface area contributed by atoms with E-state index in [2.05, 4.69) is 24.5 Å². The zero-order valence-electron chi connectivity index (χ0n) is 20.5.